The molecule has 3 atom stereocenters. The van der Waals surface area contributed by atoms with Gasteiger partial charge in [0, 0.05) is 6.61 Å². The van der Waals surface area contributed by atoms with Crippen LogP contribution in [-0.4, -0.2) is 16.8 Å². The number of benzene rings is 1. The minimum atomic E-state index is 0.224. The topological polar surface area (TPSA) is 40.5 Å². The Balaban J connectivity index is 2.33. The van der Waals surface area contributed by atoms with Crippen molar-refractivity contribution in [1.82, 2.24) is 0 Å². The maximum atomic E-state index is 10.3. The van der Waals surface area contributed by atoms with Crippen molar-refractivity contribution in [3.05, 3.63) is 28.8 Å². The molecule has 1 aromatic rings. The van der Waals surface area contributed by atoms with Crippen LogP contribution in [0.2, 0.25) is 0 Å². The highest BCUT2D eigenvalue weighted by Gasteiger charge is 2.31. The van der Waals surface area contributed by atoms with Crippen molar-refractivity contribution in [3.63, 3.8) is 0 Å². The van der Waals surface area contributed by atoms with E-state index in [1.807, 2.05) is 19.9 Å². The third-order valence-corrected chi connectivity index (χ3v) is 4.61. The van der Waals surface area contributed by atoms with Crippen molar-refractivity contribution in [3.8, 4) is 5.75 Å². The summed E-state index contributed by atoms with van der Waals surface area (Å²) in [6.07, 6.45) is 3.32. The summed E-state index contributed by atoms with van der Waals surface area (Å²) in [5.74, 6) is 1.73. The quantitative estimate of drug-likeness (QED) is 0.840. The molecular formula is C16H24O2. The normalized spacial score (nSPS) is 28.3. The Morgan fingerprint density at radius 2 is 1.94 bits per heavy atom. The SMILES string of the molecule is Cc1ccc(C2CCC(C)CC2CO)c(O)c1C. The molecule has 0 aromatic heterocycles. The van der Waals surface area contributed by atoms with Crippen LogP contribution >= 0.6 is 0 Å². The fraction of sp³-hybridized carbons (Fsp3) is 0.625. The van der Waals surface area contributed by atoms with Crippen molar-refractivity contribution >= 4 is 0 Å². The fourth-order valence-electron chi connectivity index (χ4n) is 3.23. The van der Waals surface area contributed by atoms with Gasteiger partial charge in [-0.05, 0) is 61.1 Å². The molecule has 100 valence electrons. The lowest BCUT2D eigenvalue weighted by atomic mass is 9.71. The lowest BCUT2D eigenvalue weighted by molar-refractivity contribution is 0.143. The molecule has 1 aliphatic carbocycles. The molecule has 0 heterocycles. The number of phenolic OH excluding ortho intramolecular Hbond substituents is 1. The van der Waals surface area contributed by atoms with Crippen LogP contribution in [0, 0.1) is 25.7 Å². The highest BCUT2D eigenvalue weighted by molar-refractivity contribution is 5.46. The summed E-state index contributed by atoms with van der Waals surface area (Å²) < 4.78 is 0. The molecule has 0 aliphatic heterocycles. The van der Waals surface area contributed by atoms with Crippen LogP contribution in [-0.2, 0) is 0 Å². The monoisotopic (exact) mass is 248 g/mol. The molecule has 1 aromatic carbocycles. The predicted octanol–water partition coefficient (Wildman–Crippen LogP) is 3.52. The Kier molecular flexibility index (Phi) is 3.96. The molecule has 0 saturated heterocycles. The lowest BCUT2D eigenvalue weighted by Gasteiger charge is -2.34. The molecule has 2 rings (SSSR count). The summed E-state index contributed by atoms with van der Waals surface area (Å²) in [5, 5.41) is 19.9. The standard InChI is InChI=1S/C16H24O2/c1-10-4-6-14(13(8-10)9-17)15-7-5-11(2)12(3)16(15)18/h5,7,10,13-14,17-18H,4,6,8-9H2,1-3H3. The summed E-state index contributed by atoms with van der Waals surface area (Å²) >= 11 is 0. The number of aliphatic hydroxyl groups excluding tert-OH is 1. The molecule has 1 saturated carbocycles. The summed E-state index contributed by atoms with van der Waals surface area (Å²) in [6.45, 7) is 6.46. The molecule has 18 heavy (non-hydrogen) atoms. The third kappa shape index (κ3) is 2.39. The fourth-order valence-corrected chi connectivity index (χ4v) is 3.23. The first-order valence-corrected chi connectivity index (χ1v) is 6.94. The molecule has 2 nitrogen and oxygen atoms in total. The molecular weight excluding hydrogens is 224 g/mol. The van der Waals surface area contributed by atoms with Crippen LogP contribution in [0.25, 0.3) is 0 Å². The largest absolute Gasteiger partial charge is 0.507 e. The van der Waals surface area contributed by atoms with Crippen molar-refractivity contribution < 1.29 is 10.2 Å². The van der Waals surface area contributed by atoms with Crippen LogP contribution in [0.4, 0.5) is 0 Å². The zero-order valence-corrected chi connectivity index (χ0v) is 11.6. The van der Waals surface area contributed by atoms with Crippen molar-refractivity contribution in [2.24, 2.45) is 11.8 Å². The van der Waals surface area contributed by atoms with E-state index in [0.29, 0.717) is 23.5 Å². The Hall–Kier alpha value is -1.02. The van der Waals surface area contributed by atoms with Crippen LogP contribution < -0.4 is 0 Å². The summed E-state index contributed by atoms with van der Waals surface area (Å²) in [5.41, 5.74) is 3.13. The van der Waals surface area contributed by atoms with Crippen LogP contribution in [0.15, 0.2) is 12.1 Å². The number of phenols is 1. The molecule has 3 unspecified atom stereocenters. The van der Waals surface area contributed by atoms with Gasteiger partial charge >= 0.3 is 0 Å². The van der Waals surface area contributed by atoms with Crippen molar-refractivity contribution in [1.29, 1.82) is 0 Å². The Labute approximate surface area is 110 Å². The number of hydrogen-bond donors (Lipinski definition) is 2. The van der Waals surface area contributed by atoms with Gasteiger partial charge in [0.2, 0.25) is 0 Å². The van der Waals surface area contributed by atoms with Gasteiger partial charge < -0.3 is 10.2 Å². The first-order valence-electron chi connectivity index (χ1n) is 6.94. The van der Waals surface area contributed by atoms with Gasteiger partial charge in [-0.2, -0.15) is 0 Å². The lowest BCUT2D eigenvalue weighted by Crippen LogP contribution is -2.25. The van der Waals surface area contributed by atoms with Crippen LogP contribution in [0.3, 0.4) is 0 Å². The second-order valence-electron chi connectivity index (χ2n) is 5.91. The van der Waals surface area contributed by atoms with E-state index in [1.54, 1.807) is 0 Å². The molecule has 0 spiro atoms. The first-order chi connectivity index (χ1) is 8.54. The molecule has 0 amide bonds. The van der Waals surface area contributed by atoms with Crippen molar-refractivity contribution in [2.45, 2.75) is 46.0 Å². The smallest absolute Gasteiger partial charge is 0.122 e. The van der Waals surface area contributed by atoms with E-state index < -0.39 is 0 Å². The Bertz CT molecular complexity index is 425. The number of aryl methyl sites for hydroxylation is 1. The highest BCUT2D eigenvalue weighted by atomic mass is 16.3. The van der Waals surface area contributed by atoms with Gasteiger partial charge in [-0.1, -0.05) is 25.5 Å². The number of aliphatic hydroxyl groups is 1. The van der Waals surface area contributed by atoms with Crippen LogP contribution in [0.1, 0.15) is 48.8 Å². The summed E-state index contributed by atoms with van der Waals surface area (Å²) in [7, 11) is 0. The predicted molar refractivity (Wildman–Crippen MR) is 73.9 cm³/mol. The molecule has 0 bridgehead atoms. The molecule has 2 N–H and O–H groups in total. The average Bonchev–Trinajstić information content (AvgIpc) is 2.37. The first kappa shape index (κ1) is 13.4. The number of hydrogen-bond acceptors (Lipinski definition) is 2. The molecule has 1 fully saturated rings. The van der Waals surface area contributed by atoms with E-state index in [9.17, 15) is 10.2 Å². The van der Waals surface area contributed by atoms with E-state index in [-0.39, 0.29) is 6.61 Å². The Morgan fingerprint density at radius 3 is 2.61 bits per heavy atom. The van der Waals surface area contributed by atoms with Gasteiger partial charge in [0.25, 0.3) is 0 Å². The van der Waals surface area contributed by atoms with Crippen LogP contribution in [0.5, 0.6) is 5.75 Å². The van der Waals surface area contributed by atoms with Gasteiger partial charge in [-0.15, -0.1) is 0 Å². The Morgan fingerprint density at radius 1 is 1.22 bits per heavy atom. The maximum Gasteiger partial charge on any atom is 0.122 e. The zero-order valence-electron chi connectivity index (χ0n) is 11.6. The summed E-state index contributed by atoms with van der Waals surface area (Å²) in [4.78, 5) is 0. The minimum absolute atomic E-state index is 0.224. The van der Waals surface area contributed by atoms with E-state index in [4.69, 9.17) is 0 Å². The van der Waals surface area contributed by atoms with E-state index >= 15 is 0 Å². The number of rotatable bonds is 2. The molecule has 1 aliphatic rings. The van der Waals surface area contributed by atoms with Gasteiger partial charge in [-0.25, -0.2) is 0 Å². The highest BCUT2D eigenvalue weighted by Crippen LogP contribution is 2.44. The maximum absolute atomic E-state index is 10.3. The van der Waals surface area contributed by atoms with Gasteiger partial charge in [0.1, 0.15) is 5.75 Å². The minimum Gasteiger partial charge on any atom is -0.507 e. The number of aromatic hydroxyl groups is 1. The molecule has 2 heteroatoms. The van der Waals surface area contributed by atoms with Gasteiger partial charge in [0.15, 0.2) is 0 Å². The van der Waals surface area contributed by atoms with E-state index in [1.165, 1.54) is 6.42 Å². The van der Waals surface area contributed by atoms with E-state index in [0.717, 1.165) is 29.5 Å². The van der Waals surface area contributed by atoms with Gasteiger partial charge in [-0.3, -0.25) is 0 Å². The molecule has 0 radical (unpaired) electrons. The van der Waals surface area contributed by atoms with E-state index in [2.05, 4.69) is 13.0 Å². The average molecular weight is 248 g/mol. The second kappa shape index (κ2) is 5.31. The second-order valence-corrected chi connectivity index (χ2v) is 5.91. The van der Waals surface area contributed by atoms with Gasteiger partial charge in [0.05, 0.1) is 0 Å². The summed E-state index contributed by atoms with van der Waals surface area (Å²) in [6, 6.07) is 4.12. The zero-order chi connectivity index (χ0) is 13.3. The third-order valence-electron chi connectivity index (χ3n) is 4.61. The van der Waals surface area contributed by atoms with Crippen molar-refractivity contribution in [2.75, 3.05) is 6.61 Å².